The van der Waals surface area contributed by atoms with Crippen molar-refractivity contribution < 1.29 is 13.7 Å². The predicted molar refractivity (Wildman–Crippen MR) is 107 cm³/mol. The lowest BCUT2D eigenvalue weighted by atomic mass is 10.1. The lowest BCUT2D eigenvalue weighted by Crippen LogP contribution is -2.42. The van der Waals surface area contributed by atoms with Crippen LogP contribution in [0.25, 0.3) is 0 Å². The van der Waals surface area contributed by atoms with Crippen LogP contribution >= 0.6 is 0 Å². The molecule has 146 valence electrons. The van der Waals surface area contributed by atoms with E-state index in [2.05, 4.69) is 30.9 Å². The van der Waals surface area contributed by atoms with Crippen molar-refractivity contribution in [3.8, 4) is 5.75 Å². The number of nitrogens with zero attached hydrogens (tertiary/aromatic N) is 2. The van der Waals surface area contributed by atoms with Gasteiger partial charge in [0.15, 0.2) is 0 Å². The molecule has 0 spiro atoms. The highest BCUT2D eigenvalue weighted by Gasteiger charge is 2.20. The van der Waals surface area contributed by atoms with E-state index in [1.165, 1.54) is 5.56 Å². The molecule has 0 aliphatic carbocycles. The zero-order valence-electron chi connectivity index (χ0n) is 16.3. The SMILES string of the molecule is CCN(CCCC(=O)N1CCS(=O)CC1)C(C)Cc1ccc(OC)cc1. The lowest BCUT2D eigenvalue weighted by molar-refractivity contribution is -0.131. The van der Waals surface area contributed by atoms with Gasteiger partial charge in [0.1, 0.15) is 5.75 Å². The fraction of sp³-hybridized carbons (Fsp3) is 0.650. The summed E-state index contributed by atoms with van der Waals surface area (Å²) in [5.41, 5.74) is 1.30. The van der Waals surface area contributed by atoms with Gasteiger partial charge in [-0.25, -0.2) is 0 Å². The molecule has 5 nitrogen and oxygen atoms in total. The van der Waals surface area contributed by atoms with E-state index in [0.717, 1.165) is 31.7 Å². The van der Waals surface area contributed by atoms with Gasteiger partial charge in [-0.3, -0.25) is 9.00 Å². The van der Waals surface area contributed by atoms with Gasteiger partial charge in [-0.1, -0.05) is 19.1 Å². The first-order valence-electron chi connectivity index (χ1n) is 9.53. The maximum atomic E-state index is 12.3. The van der Waals surface area contributed by atoms with Crippen molar-refractivity contribution in [3.63, 3.8) is 0 Å². The van der Waals surface area contributed by atoms with E-state index in [9.17, 15) is 9.00 Å². The van der Waals surface area contributed by atoms with Crippen LogP contribution in [-0.2, 0) is 22.0 Å². The van der Waals surface area contributed by atoms with Gasteiger partial charge in [0, 0.05) is 47.9 Å². The number of hydrogen-bond acceptors (Lipinski definition) is 4. The average molecular weight is 381 g/mol. The summed E-state index contributed by atoms with van der Waals surface area (Å²) in [5, 5.41) is 0. The van der Waals surface area contributed by atoms with Gasteiger partial charge < -0.3 is 14.5 Å². The summed E-state index contributed by atoms with van der Waals surface area (Å²) in [7, 11) is 0.952. The van der Waals surface area contributed by atoms with Crippen molar-refractivity contribution >= 4 is 16.7 Å². The predicted octanol–water partition coefficient (Wildman–Crippen LogP) is 2.32. The highest BCUT2D eigenvalue weighted by Crippen LogP contribution is 2.15. The fourth-order valence-corrected chi connectivity index (χ4v) is 4.45. The Labute approximate surface area is 160 Å². The molecular formula is C20H32N2O3S. The third-order valence-corrected chi connectivity index (χ3v) is 6.36. The lowest BCUT2D eigenvalue weighted by Gasteiger charge is -2.29. The van der Waals surface area contributed by atoms with Crippen molar-refractivity contribution in [1.29, 1.82) is 0 Å². The van der Waals surface area contributed by atoms with E-state index in [0.29, 0.717) is 37.1 Å². The standard InChI is InChI=1S/C20H32N2O3S/c1-4-21(17(2)16-18-7-9-19(25-3)10-8-18)11-5-6-20(23)22-12-14-26(24)15-13-22/h7-10,17H,4-6,11-16H2,1-3H3. The van der Waals surface area contributed by atoms with E-state index in [1.54, 1.807) is 7.11 Å². The minimum atomic E-state index is -0.730. The highest BCUT2D eigenvalue weighted by molar-refractivity contribution is 7.85. The molecule has 1 aromatic carbocycles. The first-order chi connectivity index (χ1) is 12.5. The highest BCUT2D eigenvalue weighted by atomic mass is 32.2. The van der Waals surface area contributed by atoms with Crippen molar-refractivity contribution in [1.82, 2.24) is 9.80 Å². The molecule has 26 heavy (non-hydrogen) atoms. The van der Waals surface area contributed by atoms with Gasteiger partial charge in [0.05, 0.1) is 7.11 Å². The molecule has 1 aliphatic heterocycles. The molecule has 0 saturated carbocycles. The van der Waals surface area contributed by atoms with Gasteiger partial charge in [-0.2, -0.15) is 0 Å². The Bertz CT molecular complexity index is 581. The summed E-state index contributed by atoms with van der Waals surface area (Å²) < 4.78 is 16.6. The molecule has 0 radical (unpaired) electrons. The second-order valence-electron chi connectivity index (χ2n) is 6.86. The monoisotopic (exact) mass is 380 g/mol. The second-order valence-corrected chi connectivity index (χ2v) is 8.56. The molecule has 2 rings (SSSR count). The molecular weight excluding hydrogens is 348 g/mol. The number of benzene rings is 1. The van der Waals surface area contributed by atoms with Gasteiger partial charge in [0.2, 0.25) is 5.91 Å². The molecule has 1 atom stereocenters. The molecule has 0 N–H and O–H groups in total. The summed E-state index contributed by atoms with van der Waals surface area (Å²) in [6.45, 7) is 7.63. The Balaban J connectivity index is 1.74. The Morgan fingerprint density at radius 1 is 1.27 bits per heavy atom. The van der Waals surface area contributed by atoms with Crippen LogP contribution in [0.5, 0.6) is 5.75 Å². The van der Waals surface area contributed by atoms with E-state index < -0.39 is 10.8 Å². The molecule has 1 aromatic rings. The summed E-state index contributed by atoms with van der Waals surface area (Å²) in [4.78, 5) is 16.6. The van der Waals surface area contributed by atoms with Crippen molar-refractivity contribution in [2.24, 2.45) is 0 Å². The van der Waals surface area contributed by atoms with Gasteiger partial charge >= 0.3 is 0 Å². The van der Waals surface area contributed by atoms with Crippen LogP contribution in [0.1, 0.15) is 32.3 Å². The third kappa shape index (κ3) is 6.40. The van der Waals surface area contributed by atoms with Crippen LogP contribution in [0.4, 0.5) is 0 Å². The van der Waals surface area contributed by atoms with Gasteiger partial charge in [-0.15, -0.1) is 0 Å². The second kappa shape index (κ2) is 10.7. The number of hydrogen-bond donors (Lipinski definition) is 0. The van der Waals surface area contributed by atoms with Gasteiger partial charge in [0.25, 0.3) is 0 Å². The first kappa shape index (κ1) is 20.9. The van der Waals surface area contributed by atoms with E-state index in [1.807, 2.05) is 17.0 Å². The molecule has 1 aliphatic rings. The minimum absolute atomic E-state index is 0.209. The number of rotatable bonds is 9. The smallest absolute Gasteiger partial charge is 0.222 e. The largest absolute Gasteiger partial charge is 0.497 e. The molecule has 0 aromatic heterocycles. The molecule has 1 amide bonds. The number of ether oxygens (including phenoxy) is 1. The third-order valence-electron chi connectivity index (χ3n) is 5.09. The van der Waals surface area contributed by atoms with Crippen LogP contribution in [0, 0.1) is 0 Å². The molecule has 1 heterocycles. The maximum absolute atomic E-state index is 12.3. The van der Waals surface area contributed by atoms with Crippen molar-refractivity contribution in [3.05, 3.63) is 29.8 Å². The molecule has 0 bridgehead atoms. The van der Waals surface area contributed by atoms with Gasteiger partial charge in [-0.05, 0) is 50.6 Å². The Morgan fingerprint density at radius 3 is 2.50 bits per heavy atom. The average Bonchev–Trinajstić information content (AvgIpc) is 2.66. The summed E-state index contributed by atoms with van der Waals surface area (Å²) >= 11 is 0. The minimum Gasteiger partial charge on any atom is -0.497 e. The van der Waals surface area contributed by atoms with E-state index >= 15 is 0 Å². The molecule has 1 fully saturated rings. The summed E-state index contributed by atoms with van der Waals surface area (Å²) in [5.74, 6) is 2.35. The molecule has 6 heteroatoms. The number of likely N-dealkylation sites (N-methyl/N-ethyl adjacent to an activating group) is 1. The van der Waals surface area contributed by atoms with Crippen LogP contribution < -0.4 is 4.74 Å². The van der Waals surface area contributed by atoms with Crippen molar-refractivity contribution in [2.45, 2.75) is 39.2 Å². The quantitative estimate of drug-likeness (QED) is 0.660. The zero-order chi connectivity index (χ0) is 18.9. The first-order valence-corrected chi connectivity index (χ1v) is 11.0. The maximum Gasteiger partial charge on any atom is 0.222 e. The number of carbonyl (C=O) groups is 1. The zero-order valence-corrected chi connectivity index (χ0v) is 17.1. The van der Waals surface area contributed by atoms with Crippen LogP contribution in [0.15, 0.2) is 24.3 Å². The molecule has 1 unspecified atom stereocenters. The van der Waals surface area contributed by atoms with Crippen molar-refractivity contribution in [2.75, 3.05) is 44.8 Å². The van der Waals surface area contributed by atoms with Crippen LogP contribution in [0.3, 0.4) is 0 Å². The van der Waals surface area contributed by atoms with E-state index in [-0.39, 0.29) is 5.91 Å². The summed E-state index contributed by atoms with van der Waals surface area (Å²) in [6.07, 6.45) is 2.45. The molecule has 1 saturated heterocycles. The van der Waals surface area contributed by atoms with Crippen LogP contribution in [-0.4, -0.2) is 70.8 Å². The normalized spacial score (nSPS) is 16.7. The Hall–Kier alpha value is -1.40. The number of carbonyl (C=O) groups excluding carboxylic acids is 1. The van der Waals surface area contributed by atoms with E-state index in [4.69, 9.17) is 4.74 Å². The van der Waals surface area contributed by atoms with Crippen LogP contribution in [0.2, 0.25) is 0 Å². The number of amides is 1. The summed E-state index contributed by atoms with van der Waals surface area (Å²) in [6, 6.07) is 8.67. The fourth-order valence-electron chi connectivity index (χ4n) is 3.40. The number of methoxy groups -OCH3 is 1. The Kier molecular flexibility index (Phi) is 8.59. The Morgan fingerprint density at radius 2 is 1.92 bits per heavy atom. The topological polar surface area (TPSA) is 49.9 Å².